The summed E-state index contributed by atoms with van der Waals surface area (Å²) in [7, 11) is 0. The minimum atomic E-state index is -0.124. The average Bonchev–Trinajstić information content (AvgIpc) is 2.99. The van der Waals surface area contributed by atoms with Crippen molar-refractivity contribution < 1.29 is 9.59 Å². The van der Waals surface area contributed by atoms with Gasteiger partial charge in [-0.1, -0.05) is 13.8 Å². The van der Waals surface area contributed by atoms with E-state index in [0.717, 1.165) is 19.4 Å². The summed E-state index contributed by atoms with van der Waals surface area (Å²) in [5.41, 5.74) is 0. The molecule has 2 N–H and O–H groups in total. The van der Waals surface area contributed by atoms with Gasteiger partial charge in [-0.25, -0.2) is 4.79 Å². The fourth-order valence-corrected chi connectivity index (χ4v) is 1.59. The lowest BCUT2D eigenvalue weighted by atomic mass is 10.2. The Morgan fingerprint density at radius 3 is 2.47 bits per heavy atom. The molecule has 17 heavy (non-hydrogen) atoms. The molecular weight excluding hydrogens is 218 g/mol. The Balaban J connectivity index is 2.16. The molecule has 98 valence electrons. The highest BCUT2D eigenvalue weighted by Gasteiger charge is 2.23. The average molecular weight is 241 g/mol. The van der Waals surface area contributed by atoms with Gasteiger partial charge in [-0.05, 0) is 18.8 Å². The first-order valence-corrected chi connectivity index (χ1v) is 6.29. The van der Waals surface area contributed by atoms with Crippen LogP contribution in [0.15, 0.2) is 0 Å². The van der Waals surface area contributed by atoms with E-state index in [1.54, 1.807) is 11.8 Å². The van der Waals surface area contributed by atoms with E-state index in [1.165, 1.54) is 0 Å². The van der Waals surface area contributed by atoms with Crippen LogP contribution in [-0.4, -0.2) is 42.5 Å². The Bertz CT molecular complexity index is 275. The normalized spacial score (nSPS) is 14.6. The molecule has 0 aromatic heterocycles. The molecule has 1 aliphatic carbocycles. The maximum Gasteiger partial charge on any atom is 0.315 e. The number of nitrogens with zero attached hydrogens (tertiary/aromatic N) is 1. The van der Waals surface area contributed by atoms with Crippen LogP contribution in [0, 0.1) is 5.92 Å². The third-order valence-corrected chi connectivity index (χ3v) is 2.61. The van der Waals surface area contributed by atoms with Crippen LogP contribution in [0.3, 0.4) is 0 Å². The minimum Gasteiger partial charge on any atom is -0.341 e. The van der Waals surface area contributed by atoms with Gasteiger partial charge in [-0.15, -0.1) is 0 Å². The van der Waals surface area contributed by atoms with Gasteiger partial charge in [0.15, 0.2) is 0 Å². The molecule has 0 aliphatic heterocycles. The molecule has 0 aromatic carbocycles. The lowest BCUT2D eigenvalue weighted by Gasteiger charge is -2.23. The van der Waals surface area contributed by atoms with Crippen molar-refractivity contribution in [1.29, 1.82) is 0 Å². The van der Waals surface area contributed by atoms with Crippen LogP contribution in [0.25, 0.3) is 0 Å². The van der Waals surface area contributed by atoms with Gasteiger partial charge in [0.2, 0.25) is 5.91 Å². The Labute approximate surface area is 103 Å². The van der Waals surface area contributed by atoms with Crippen LogP contribution >= 0.6 is 0 Å². The maximum atomic E-state index is 11.3. The molecular formula is C12H23N3O2. The molecule has 5 heteroatoms. The molecule has 0 spiro atoms. The van der Waals surface area contributed by atoms with E-state index in [4.69, 9.17) is 0 Å². The predicted octanol–water partition coefficient (Wildman–Crippen LogP) is 0.952. The Morgan fingerprint density at radius 2 is 2.00 bits per heavy atom. The molecule has 3 amide bonds. The summed E-state index contributed by atoms with van der Waals surface area (Å²) < 4.78 is 0. The summed E-state index contributed by atoms with van der Waals surface area (Å²) in [6, 6.07) is 0.245. The third kappa shape index (κ3) is 6.14. The van der Waals surface area contributed by atoms with Crippen LogP contribution in [0.5, 0.6) is 0 Å². The second kappa shape index (κ2) is 6.47. The molecule has 1 rings (SSSR count). The zero-order chi connectivity index (χ0) is 12.8. The molecule has 1 aliphatic rings. The lowest BCUT2D eigenvalue weighted by Crippen LogP contribution is -2.43. The summed E-state index contributed by atoms with van der Waals surface area (Å²) in [5, 5.41) is 5.61. The van der Waals surface area contributed by atoms with E-state index in [9.17, 15) is 9.59 Å². The van der Waals surface area contributed by atoms with E-state index >= 15 is 0 Å². The summed E-state index contributed by atoms with van der Waals surface area (Å²) in [6.07, 6.45) is 2.17. The monoisotopic (exact) mass is 241 g/mol. The second-order valence-corrected chi connectivity index (χ2v) is 5.03. The van der Waals surface area contributed by atoms with Gasteiger partial charge in [-0.3, -0.25) is 4.79 Å². The molecule has 0 radical (unpaired) electrons. The number of carbonyl (C=O) groups excluding carboxylic acids is 2. The molecule has 0 bridgehead atoms. The highest BCUT2D eigenvalue weighted by Crippen LogP contribution is 2.18. The van der Waals surface area contributed by atoms with E-state index in [-0.39, 0.29) is 11.9 Å². The number of urea groups is 1. The van der Waals surface area contributed by atoms with Gasteiger partial charge < -0.3 is 15.5 Å². The quantitative estimate of drug-likeness (QED) is 0.727. The topological polar surface area (TPSA) is 61.4 Å². The Kier molecular flexibility index (Phi) is 5.25. The third-order valence-electron chi connectivity index (χ3n) is 2.61. The maximum absolute atomic E-state index is 11.3. The largest absolute Gasteiger partial charge is 0.341 e. The fraction of sp³-hybridized carbons (Fsp3) is 0.833. The van der Waals surface area contributed by atoms with Crippen molar-refractivity contribution in [2.24, 2.45) is 5.92 Å². The van der Waals surface area contributed by atoms with Gasteiger partial charge in [0.25, 0.3) is 0 Å². The Hall–Kier alpha value is -1.26. The van der Waals surface area contributed by atoms with E-state index in [1.807, 2.05) is 0 Å². The smallest absolute Gasteiger partial charge is 0.315 e. The summed E-state index contributed by atoms with van der Waals surface area (Å²) >= 11 is 0. The number of rotatable bonds is 6. The minimum absolute atomic E-state index is 0.0584. The zero-order valence-electron chi connectivity index (χ0n) is 11.0. The van der Waals surface area contributed by atoms with Gasteiger partial charge in [0.1, 0.15) is 0 Å². The highest BCUT2D eigenvalue weighted by molar-refractivity contribution is 5.75. The van der Waals surface area contributed by atoms with Gasteiger partial charge in [0, 0.05) is 32.6 Å². The highest BCUT2D eigenvalue weighted by atomic mass is 16.2. The van der Waals surface area contributed by atoms with Gasteiger partial charge in [-0.2, -0.15) is 0 Å². The van der Waals surface area contributed by atoms with Crippen molar-refractivity contribution in [2.75, 3.05) is 19.6 Å². The van der Waals surface area contributed by atoms with Crippen molar-refractivity contribution in [3.63, 3.8) is 0 Å². The van der Waals surface area contributed by atoms with Crippen LogP contribution in [-0.2, 0) is 4.79 Å². The van der Waals surface area contributed by atoms with Gasteiger partial charge >= 0.3 is 6.03 Å². The molecule has 1 fully saturated rings. The van der Waals surface area contributed by atoms with Gasteiger partial charge in [0.05, 0.1) is 0 Å². The SMILES string of the molecule is CC(=O)N(CCNC(=O)NC1CC1)CC(C)C. The summed E-state index contributed by atoms with van der Waals surface area (Å²) in [4.78, 5) is 24.4. The first-order chi connectivity index (χ1) is 7.99. The first kappa shape index (κ1) is 13.8. The molecule has 5 nitrogen and oxygen atoms in total. The second-order valence-electron chi connectivity index (χ2n) is 5.03. The molecule has 0 atom stereocenters. The van der Waals surface area contributed by atoms with Crippen molar-refractivity contribution in [3.05, 3.63) is 0 Å². The molecule has 0 unspecified atom stereocenters. The predicted molar refractivity (Wildman–Crippen MR) is 66.6 cm³/mol. The van der Waals surface area contributed by atoms with E-state index < -0.39 is 0 Å². The number of nitrogens with one attached hydrogen (secondary N) is 2. The Morgan fingerprint density at radius 1 is 1.35 bits per heavy atom. The van der Waals surface area contributed by atoms with E-state index in [0.29, 0.717) is 25.0 Å². The summed E-state index contributed by atoms with van der Waals surface area (Å²) in [6.45, 7) is 7.52. The summed E-state index contributed by atoms with van der Waals surface area (Å²) in [5.74, 6) is 0.502. The molecule has 0 heterocycles. The number of carbonyl (C=O) groups is 2. The van der Waals surface area contributed by atoms with Crippen molar-refractivity contribution in [3.8, 4) is 0 Å². The fourth-order valence-electron chi connectivity index (χ4n) is 1.59. The number of hydrogen-bond acceptors (Lipinski definition) is 2. The molecule has 0 aromatic rings. The van der Waals surface area contributed by atoms with Crippen LogP contribution < -0.4 is 10.6 Å². The number of amides is 3. The van der Waals surface area contributed by atoms with Crippen molar-refractivity contribution in [2.45, 2.75) is 39.7 Å². The van der Waals surface area contributed by atoms with E-state index in [2.05, 4.69) is 24.5 Å². The van der Waals surface area contributed by atoms with Crippen molar-refractivity contribution >= 4 is 11.9 Å². The van der Waals surface area contributed by atoms with Crippen LogP contribution in [0.1, 0.15) is 33.6 Å². The number of hydrogen-bond donors (Lipinski definition) is 2. The first-order valence-electron chi connectivity index (χ1n) is 6.29. The molecule has 1 saturated carbocycles. The molecule has 0 saturated heterocycles. The van der Waals surface area contributed by atoms with Crippen molar-refractivity contribution in [1.82, 2.24) is 15.5 Å². The zero-order valence-corrected chi connectivity index (χ0v) is 11.0. The van der Waals surface area contributed by atoms with Crippen LogP contribution in [0.2, 0.25) is 0 Å². The standard InChI is InChI=1S/C12H23N3O2/c1-9(2)8-15(10(3)16)7-6-13-12(17)14-11-4-5-11/h9,11H,4-8H2,1-3H3,(H2,13,14,17). The lowest BCUT2D eigenvalue weighted by molar-refractivity contribution is -0.129. The van der Waals surface area contributed by atoms with Crippen LogP contribution in [0.4, 0.5) is 4.79 Å².